The minimum absolute atomic E-state index is 0.775. The minimum atomic E-state index is 0.775. The molecule has 1 N–H and O–H groups in total. The summed E-state index contributed by atoms with van der Waals surface area (Å²) < 4.78 is 6.82. The van der Waals surface area contributed by atoms with E-state index in [9.17, 15) is 0 Å². The lowest BCUT2D eigenvalue weighted by molar-refractivity contribution is 0.243. The molecule has 0 radical (unpaired) electrons. The van der Waals surface area contributed by atoms with E-state index < -0.39 is 0 Å². The van der Waals surface area contributed by atoms with Crippen LogP contribution >= 0.6 is 15.9 Å². The van der Waals surface area contributed by atoms with Gasteiger partial charge >= 0.3 is 0 Å². The summed E-state index contributed by atoms with van der Waals surface area (Å²) in [6.07, 6.45) is 6.70. The van der Waals surface area contributed by atoms with Gasteiger partial charge in [0.2, 0.25) is 0 Å². The van der Waals surface area contributed by atoms with Crippen LogP contribution < -0.4 is 15.3 Å². The summed E-state index contributed by atoms with van der Waals surface area (Å²) in [5.41, 5.74) is 5.05. The fourth-order valence-electron chi connectivity index (χ4n) is 2.54. The molecule has 3 rings (SSSR count). The number of nitrogens with zero attached hydrogens (tertiary/aromatic N) is 1. The summed E-state index contributed by atoms with van der Waals surface area (Å²) in [6.45, 7) is 2.99. The van der Waals surface area contributed by atoms with Crippen LogP contribution in [0.25, 0.3) is 5.76 Å². The number of ether oxygens (including phenoxy) is 1. The first kappa shape index (κ1) is 17.7. The van der Waals surface area contributed by atoms with Crippen LogP contribution in [0.15, 0.2) is 59.2 Å². The normalized spacial score (nSPS) is 13.2. The molecule has 1 aliphatic rings. The third kappa shape index (κ3) is 4.92. The van der Waals surface area contributed by atoms with Crippen LogP contribution in [0, 0.1) is 0 Å². The second kappa shape index (κ2) is 8.81. The molecular weight excluding hydrogens is 380 g/mol. The Morgan fingerprint density at radius 3 is 2.48 bits per heavy atom. The maximum atomic E-state index is 5.87. The highest BCUT2D eigenvalue weighted by Gasteiger charge is 2.17. The highest BCUT2D eigenvalue weighted by atomic mass is 79.9. The first-order chi connectivity index (χ1) is 12.3. The fourth-order valence-corrected chi connectivity index (χ4v) is 2.81. The molecule has 1 heterocycles. The van der Waals surface area contributed by atoms with E-state index in [1.165, 1.54) is 19.3 Å². The number of hydrogen-bond acceptors (Lipinski definition) is 4. The van der Waals surface area contributed by atoms with Gasteiger partial charge in [0.1, 0.15) is 5.75 Å². The van der Waals surface area contributed by atoms with E-state index in [-0.39, 0.29) is 0 Å². The lowest BCUT2D eigenvalue weighted by Crippen LogP contribution is -2.27. The number of rotatable bonds is 8. The molecule has 1 aliphatic heterocycles. The molecule has 0 saturated carbocycles. The predicted octanol–water partition coefficient (Wildman–Crippen LogP) is 5.66. The van der Waals surface area contributed by atoms with Crippen LogP contribution in [-0.2, 0) is 4.84 Å². The van der Waals surface area contributed by atoms with Crippen LogP contribution in [-0.4, -0.2) is 6.61 Å². The predicted molar refractivity (Wildman–Crippen MR) is 105 cm³/mol. The zero-order valence-electron chi connectivity index (χ0n) is 14.4. The van der Waals surface area contributed by atoms with Crippen LogP contribution in [0.1, 0.15) is 38.2 Å². The average molecular weight is 403 g/mol. The average Bonchev–Trinajstić information content (AvgIpc) is 3.13. The summed E-state index contributed by atoms with van der Waals surface area (Å²) in [5.74, 6) is 1.67. The molecule has 4 nitrogen and oxygen atoms in total. The molecule has 0 aliphatic carbocycles. The van der Waals surface area contributed by atoms with Crippen molar-refractivity contribution in [1.82, 2.24) is 5.43 Å². The molecule has 2 aromatic carbocycles. The quantitative estimate of drug-likeness (QED) is 0.577. The standard InChI is InChI=1S/C20H23BrN2O2/c1-2-3-4-5-14-24-19-12-6-16(7-13-19)20-15-22-23(25-20)18-10-8-17(21)9-11-18/h6-13,15,22H,2-5,14H2,1H3. The Balaban J connectivity index is 1.52. The Morgan fingerprint density at radius 2 is 1.76 bits per heavy atom. The second-order valence-corrected chi connectivity index (χ2v) is 6.85. The van der Waals surface area contributed by atoms with Gasteiger partial charge in [0.15, 0.2) is 5.76 Å². The van der Waals surface area contributed by atoms with Crippen molar-refractivity contribution in [2.45, 2.75) is 32.6 Å². The largest absolute Gasteiger partial charge is 0.494 e. The number of hydrazine groups is 1. The Bertz CT molecular complexity index is 699. The van der Waals surface area contributed by atoms with Crippen LogP contribution in [0.3, 0.4) is 0 Å². The summed E-state index contributed by atoms with van der Waals surface area (Å²) in [4.78, 5) is 5.87. The van der Waals surface area contributed by atoms with Crippen molar-refractivity contribution in [2.24, 2.45) is 0 Å². The Hall–Kier alpha value is -2.14. The first-order valence-corrected chi connectivity index (χ1v) is 9.49. The van der Waals surface area contributed by atoms with Crippen molar-refractivity contribution >= 4 is 27.4 Å². The Labute approximate surface area is 157 Å². The first-order valence-electron chi connectivity index (χ1n) is 8.69. The molecule has 5 heteroatoms. The van der Waals surface area contributed by atoms with Crippen molar-refractivity contribution in [1.29, 1.82) is 0 Å². The molecule has 132 valence electrons. The topological polar surface area (TPSA) is 33.7 Å². The summed E-state index contributed by atoms with van der Waals surface area (Å²) in [7, 11) is 0. The van der Waals surface area contributed by atoms with Crippen molar-refractivity contribution in [3.05, 3.63) is 64.8 Å². The van der Waals surface area contributed by atoms with Crippen molar-refractivity contribution in [3.8, 4) is 5.75 Å². The Morgan fingerprint density at radius 1 is 1.00 bits per heavy atom. The van der Waals surface area contributed by atoms with Gasteiger partial charge in [0.25, 0.3) is 0 Å². The number of hydrogen-bond donors (Lipinski definition) is 1. The van der Waals surface area contributed by atoms with Crippen LogP contribution in [0.5, 0.6) is 5.75 Å². The van der Waals surface area contributed by atoms with Crippen molar-refractivity contribution < 1.29 is 9.57 Å². The van der Waals surface area contributed by atoms with E-state index >= 15 is 0 Å². The van der Waals surface area contributed by atoms with Gasteiger partial charge in [-0.1, -0.05) is 42.1 Å². The number of benzene rings is 2. The molecule has 0 amide bonds. The zero-order chi connectivity index (χ0) is 17.5. The van der Waals surface area contributed by atoms with Gasteiger partial charge < -0.3 is 9.57 Å². The van der Waals surface area contributed by atoms with Crippen LogP contribution in [0.2, 0.25) is 0 Å². The maximum absolute atomic E-state index is 5.87. The number of anilines is 1. The third-order valence-electron chi connectivity index (χ3n) is 3.97. The number of halogens is 1. The molecule has 2 aromatic rings. The number of unbranched alkanes of at least 4 members (excludes halogenated alkanes) is 3. The summed E-state index contributed by atoms with van der Waals surface area (Å²) >= 11 is 3.43. The molecule has 0 bridgehead atoms. The summed E-state index contributed by atoms with van der Waals surface area (Å²) in [5, 5.41) is 1.64. The van der Waals surface area contributed by atoms with E-state index in [4.69, 9.17) is 9.57 Å². The molecule has 0 unspecified atom stereocenters. The highest BCUT2D eigenvalue weighted by Crippen LogP contribution is 2.27. The molecular formula is C20H23BrN2O2. The molecule has 0 fully saturated rings. The monoisotopic (exact) mass is 402 g/mol. The van der Waals surface area contributed by atoms with E-state index in [1.807, 2.05) is 54.7 Å². The lowest BCUT2D eigenvalue weighted by Gasteiger charge is -2.17. The highest BCUT2D eigenvalue weighted by molar-refractivity contribution is 9.10. The van der Waals surface area contributed by atoms with Gasteiger partial charge in [-0.25, -0.2) is 0 Å². The molecule has 0 atom stereocenters. The van der Waals surface area contributed by atoms with Gasteiger partial charge in [0, 0.05) is 10.0 Å². The SMILES string of the molecule is CCCCCCOc1ccc(C2=CNN(c3ccc(Br)cc3)O2)cc1. The van der Waals surface area contributed by atoms with Crippen LogP contribution in [0.4, 0.5) is 5.69 Å². The van der Waals surface area contributed by atoms with Crippen molar-refractivity contribution in [2.75, 3.05) is 11.8 Å². The summed E-state index contributed by atoms with van der Waals surface area (Å²) in [6, 6.07) is 15.9. The van der Waals surface area contributed by atoms with Gasteiger partial charge in [-0.15, -0.1) is 5.17 Å². The van der Waals surface area contributed by atoms with Gasteiger partial charge in [0.05, 0.1) is 18.5 Å². The smallest absolute Gasteiger partial charge is 0.182 e. The fraction of sp³-hybridized carbons (Fsp3) is 0.300. The van der Waals surface area contributed by atoms with Gasteiger partial charge in [-0.3, -0.25) is 5.43 Å². The van der Waals surface area contributed by atoms with Gasteiger partial charge in [-0.05, 0) is 55.0 Å². The lowest BCUT2D eigenvalue weighted by atomic mass is 10.2. The van der Waals surface area contributed by atoms with E-state index in [0.717, 1.165) is 40.3 Å². The zero-order valence-corrected chi connectivity index (χ0v) is 16.0. The second-order valence-electron chi connectivity index (χ2n) is 5.93. The molecule has 0 spiro atoms. The van der Waals surface area contributed by atoms with E-state index in [2.05, 4.69) is 28.3 Å². The van der Waals surface area contributed by atoms with Crippen molar-refractivity contribution in [3.63, 3.8) is 0 Å². The number of nitrogens with one attached hydrogen (secondary N) is 1. The molecule has 0 saturated heterocycles. The molecule has 25 heavy (non-hydrogen) atoms. The van der Waals surface area contributed by atoms with Gasteiger partial charge in [-0.2, -0.15) is 0 Å². The minimum Gasteiger partial charge on any atom is -0.494 e. The Kier molecular flexibility index (Phi) is 6.23. The maximum Gasteiger partial charge on any atom is 0.182 e. The van der Waals surface area contributed by atoms with E-state index in [0.29, 0.717) is 0 Å². The third-order valence-corrected chi connectivity index (χ3v) is 4.50. The molecule has 0 aromatic heterocycles. The van der Waals surface area contributed by atoms with E-state index in [1.54, 1.807) is 5.17 Å².